The van der Waals surface area contributed by atoms with E-state index >= 15 is 0 Å². The van der Waals surface area contributed by atoms with Gasteiger partial charge in [0.2, 0.25) is 5.82 Å². The van der Waals surface area contributed by atoms with Crippen LogP contribution in [0.15, 0.2) is 60.8 Å². The third-order valence-electron chi connectivity index (χ3n) is 3.53. The lowest BCUT2D eigenvalue weighted by molar-refractivity contribution is 0.0691. The predicted molar refractivity (Wildman–Crippen MR) is 92.0 cm³/mol. The summed E-state index contributed by atoms with van der Waals surface area (Å²) in [6, 6.07) is 12.6. The topological polar surface area (TPSA) is 88.5 Å². The first-order valence-corrected chi connectivity index (χ1v) is 7.68. The number of nitrogens with one attached hydrogen (secondary N) is 1. The van der Waals surface area contributed by atoms with E-state index in [0.29, 0.717) is 0 Å². The molecular formula is C19H12F2N2O4. The van der Waals surface area contributed by atoms with E-state index in [1.807, 2.05) is 0 Å². The Bertz CT molecular complexity index is 1010. The monoisotopic (exact) mass is 370 g/mol. The van der Waals surface area contributed by atoms with Gasteiger partial charge in [0.25, 0.3) is 5.91 Å². The van der Waals surface area contributed by atoms with E-state index in [1.54, 1.807) is 18.2 Å². The second-order valence-electron chi connectivity index (χ2n) is 5.31. The number of halogens is 2. The van der Waals surface area contributed by atoms with Crippen LogP contribution in [-0.2, 0) is 0 Å². The number of aromatic nitrogens is 1. The standard InChI is InChI=1S/C19H12F2N2O4/c20-12-7-4-8-13(15(12)21)27-14-9-10-22-17(19(25)26)16(14)23-18(24)11-5-2-1-3-6-11/h1-10H,(H,23,24)(H,25,26). The van der Waals surface area contributed by atoms with Crippen molar-refractivity contribution in [2.75, 3.05) is 5.32 Å². The number of carboxylic acids is 1. The van der Waals surface area contributed by atoms with Gasteiger partial charge in [-0.05, 0) is 24.3 Å². The molecule has 2 aromatic carbocycles. The number of nitrogens with zero attached hydrogens (tertiary/aromatic N) is 1. The molecule has 1 aromatic heterocycles. The Kier molecular flexibility index (Phi) is 5.07. The summed E-state index contributed by atoms with van der Waals surface area (Å²) in [5.74, 6) is -5.08. The van der Waals surface area contributed by atoms with Crippen molar-refractivity contribution in [3.05, 3.63) is 83.7 Å². The maximum absolute atomic E-state index is 13.9. The fourth-order valence-corrected chi connectivity index (χ4v) is 2.27. The second-order valence-corrected chi connectivity index (χ2v) is 5.31. The molecule has 0 atom stereocenters. The number of hydrogen-bond acceptors (Lipinski definition) is 4. The number of rotatable bonds is 5. The van der Waals surface area contributed by atoms with E-state index in [4.69, 9.17) is 4.74 Å². The molecule has 0 aliphatic carbocycles. The summed E-state index contributed by atoms with van der Waals surface area (Å²) >= 11 is 0. The second kappa shape index (κ2) is 7.61. The number of carbonyl (C=O) groups is 2. The van der Waals surface area contributed by atoms with E-state index in [2.05, 4.69) is 10.3 Å². The van der Waals surface area contributed by atoms with Crippen LogP contribution in [0.3, 0.4) is 0 Å². The van der Waals surface area contributed by atoms with Gasteiger partial charge in [-0.3, -0.25) is 4.79 Å². The molecule has 0 saturated carbocycles. The summed E-state index contributed by atoms with van der Waals surface area (Å²) < 4.78 is 32.6. The van der Waals surface area contributed by atoms with Crippen molar-refractivity contribution in [1.29, 1.82) is 0 Å². The van der Waals surface area contributed by atoms with Crippen LogP contribution >= 0.6 is 0 Å². The molecule has 2 N–H and O–H groups in total. The summed E-state index contributed by atoms with van der Waals surface area (Å²) in [6.07, 6.45) is 1.12. The van der Waals surface area contributed by atoms with Gasteiger partial charge in [0.15, 0.2) is 23.0 Å². The number of carbonyl (C=O) groups excluding carboxylic acids is 1. The van der Waals surface area contributed by atoms with Crippen LogP contribution in [0.25, 0.3) is 0 Å². The Hall–Kier alpha value is -3.81. The molecule has 0 spiro atoms. The van der Waals surface area contributed by atoms with Crippen molar-refractivity contribution >= 4 is 17.6 Å². The van der Waals surface area contributed by atoms with Crippen molar-refractivity contribution in [3.63, 3.8) is 0 Å². The molecule has 6 nitrogen and oxygen atoms in total. The van der Waals surface area contributed by atoms with Crippen molar-refractivity contribution < 1.29 is 28.2 Å². The number of ether oxygens (including phenoxy) is 1. The zero-order chi connectivity index (χ0) is 19.4. The fraction of sp³-hybridized carbons (Fsp3) is 0. The summed E-state index contributed by atoms with van der Waals surface area (Å²) in [7, 11) is 0. The summed E-state index contributed by atoms with van der Waals surface area (Å²) in [6.45, 7) is 0. The zero-order valence-electron chi connectivity index (χ0n) is 13.6. The zero-order valence-corrected chi connectivity index (χ0v) is 13.6. The third kappa shape index (κ3) is 3.90. The van der Waals surface area contributed by atoms with Crippen molar-refractivity contribution in [2.24, 2.45) is 0 Å². The van der Waals surface area contributed by atoms with E-state index in [0.717, 1.165) is 12.3 Å². The average Bonchev–Trinajstić information content (AvgIpc) is 2.67. The number of amides is 1. The normalized spacial score (nSPS) is 10.3. The van der Waals surface area contributed by atoms with Crippen LogP contribution < -0.4 is 10.1 Å². The number of pyridine rings is 1. The molecule has 0 bridgehead atoms. The largest absolute Gasteiger partial charge is 0.476 e. The van der Waals surface area contributed by atoms with Gasteiger partial charge in [-0.1, -0.05) is 24.3 Å². The molecule has 0 aliphatic rings. The number of hydrogen-bond donors (Lipinski definition) is 2. The van der Waals surface area contributed by atoms with Crippen LogP contribution in [0.2, 0.25) is 0 Å². The van der Waals surface area contributed by atoms with Crippen molar-refractivity contribution in [1.82, 2.24) is 4.98 Å². The van der Waals surface area contributed by atoms with E-state index < -0.39 is 35.0 Å². The Morgan fingerprint density at radius 2 is 1.70 bits per heavy atom. The van der Waals surface area contributed by atoms with Crippen LogP contribution in [0.4, 0.5) is 14.5 Å². The smallest absolute Gasteiger partial charge is 0.356 e. The Morgan fingerprint density at radius 1 is 0.963 bits per heavy atom. The van der Waals surface area contributed by atoms with Gasteiger partial charge in [-0.2, -0.15) is 4.39 Å². The molecule has 0 saturated heterocycles. The van der Waals surface area contributed by atoms with Gasteiger partial charge >= 0.3 is 5.97 Å². The maximum Gasteiger partial charge on any atom is 0.356 e. The van der Waals surface area contributed by atoms with Gasteiger partial charge in [0, 0.05) is 17.8 Å². The first-order valence-electron chi connectivity index (χ1n) is 7.68. The Balaban J connectivity index is 2.01. The highest BCUT2D eigenvalue weighted by atomic mass is 19.2. The van der Waals surface area contributed by atoms with Crippen molar-refractivity contribution in [3.8, 4) is 11.5 Å². The van der Waals surface area contributed by atoms with Crippen LogP contribution in [0.5, 0.6) is 11.5 Å². The average molecular weight is 370 g/mol. The number of carboxylic acid groups (broad SMARTS) is 1. The highest BCUT2D eigenvalue weighted by Crippen LogP contribution is 2.33. The molecule has 0 unspecified atom stereocenters. The first kappa shape index (κ1) is 18.0. The minimum atomic E-state index is -1.43. The molecule has 0 aliphatic heterocycles. The lowest BCUT2D eigenvalue weighted by Crippen LogP contribution is -2.16. The molecule has 136 valence electrons. The van der Waals surface area contributed by atoms with Crippen LogP contribution in [0.1, 0.15) is 20.8 Å². The van der Waals surface area contributed by atoms with E-state index in [1.165, 1.54) is 30.3 Å². The minimum absolute atomic E-state index is 0.198. The lowest BCUT2D eigenvalue weighted by atomic mass is 10.2. The molecule has 0 radical (unpaired) electrons. The summed E-state index contributed by atoms with van der Waals surface area (Å²) in [4.78, 5) is 27.6. The molecule has 27 heavy (non-hydrogen) atoms. The number of aromatic carboxylic acids is 1. The van der Waals surface area contributed by atoms with Gasteiger partial charge in [-0.25, -0.2) is 14.2 Å². The Labute approximate surface area is 152 Å². The summed E-state index contributed by atoms with van der Waals surface area (Å²) in [5, 5.41) is 11.7. The minimum Gasteiger partial charge on any atom is -0.476 e. The van der Waals surface area contributed by atoms with Gasteiger partial charge in [0.05, 0.1) is 0 Å². The molecule has 3 rings (SSSR count). The quantitative estimate of drug-likeness (QED) is 0.706. The third-order valence-corrected chi connectivity index (χ3v) is 3.53. The summed E-state index contributed by atoms with van der Waals surface area (Å²) in [5.41, 5.74) is -0.517. The number of anilines is 1. The first-order chi connectivity index (χ1) is 13.0. The molecule has 1 amide bonds. The molecule has 8 heteroatoms. The highest BCUT2D eigenvalue weighted by molar-refractivity contribution is 6.08. The van der Waals surface area contributed by atoms with Gasteiger partial charge < -0.3 is 15.2 Å². The van der Waals surface area contributed by atoms with E-state index in [-0.39, 0.29) is 17.0 Å². The van der Waals surface area contributed by atoms with Gasteiger partial charge in [0.1, 0.15) is 5.69 Å². The van der Waals surface area contributed by atoms with Crippen LogP contribution in [0, 0.1) is 11.6 Å². The van der Waals surface area contributed by atoms with Crippen molar-refractivity contribution in [2.45, 2.75) is 0 Å². The number of benzene rings is 2. The molecule has 0 fully saturated rings. The fourth-order valence-electron chi connectivity index (χ4n) is 2.27. The molecule has 3 aromatic rings. The van der Waals surface area contributed by atoms with Crippen LogP contribution in [-0.4, -0.2) is 22.0 Å². The molecular weight excluding hydrogens is 358 g/mol. The van der Waals surface area contributed by atoms with E-state index in [9.17, 15) is 23.5 Å². The highest BCUT2D eigenvalue weighted by Gasteiger charge is 2.21. The lowest BCUT2D eigenvalue weighted by Gasteiger charge is -2.14. The maximum atomic E-state index is 13.9. The SMILES string of the molecule is O=C(Nc1c(Oc2cccc(F)c2F)ccnc1C(=O)O)c1ccccc1. The predicted octanol–water partition coefficient (Wildman–Crippen LogP) is 4.10. The van der Waals surface area contributed by atoms with Gasteiger partial charge in [-0.15, -0.1) is 0 Å². The Morgan fingerprint density at radius 3 is 2.41 bits per heavy atom. The molecule has 1 heterocycles.